The van der Waals surface area contributed by atoms with Crippen LogP contribution in [0.25, 0.3) is 0 Å². The SMILES string of the molecule is COc1cccc(CN(C)S(=O)(=O)c2ccc(C)cc2C)c1OC. The van der Waals surface area contributed by atoms with Crippen LogP contribution in [0.3, 0.4) is 0 Å². The maximum absolute atomic E-state index is 12.9. The van der Waals surface area contributed by atoms with Crippen molar-refractivity contribution in [1.29, 1.82) is 0 Å². The molecule has 0 unspecified atom stereocenters. The molecule has 0 aliphatic carbocycles. The molecule has 0 saturated carbocycles. The summed E-state index contributed by atoms with van der Waals surface area (Å²) in [5, 5.41) is 0. The molecule has 5 nitrogen and oxygen atoms in total. The van der Waals surface area contributed by atoms with Gasteiger partial charge in [0.05, 0.1) is 19.1 Å². The standard InChI is InChI=1S/C18H23NO4S/c1-13-9-10-17(14(2)11-13)24(20,21)19(3)12-15-7-6-8-16(22-4)18(15)23-5/h6-11H,12H2,1-5H3. The lowest BCUT2D eigenvalue weighted by Crippen LogP contribution is -2.27. The summed E-state index contributed by atoms with van der Waals surface area (Å²) in [5.74, 6) is 1.12. The molecule has 0 aliphatic rings. The molecule has 0 spiro atoms. The van der Waals surface area contributed by atoms with Crippen molar-refractivity contribution in [1.82, 2.24) is 4.31 Å². The first-order valence-corrected chi connectivity index (χ1v) is 8.98. The van der Waals surface area contributed by atoms with Gasteiger partial charge in [-0.1, -0.05) is 29.8 Å². The lowest BCUT2D eigenvalue weighted by atomic mass is 10.2. The Kier molecular flexibility index (Phi) is 5.51. The molecule has 2 rings (SSSR count). The Labute approximate surface area is 143 Å². The molecule has 0 bridgehead atoms. The molecule has 0 aliphatic heterocycles. The van der Waals surface area contributed by atoms with Gasteiger partial charge in [0.25, 0.3) is 0 Å². The third kappa shape index (κ3) is 3.55. The van der Waals surface area contributed by atoms with Gasteiger partial charge >= 0.3 is 0 Å². The zero-order chi connectivity index (χ0) is 17.9. The summed E-state index contributed by atoms with van der Waals surface area (Å²) in [5.41, 5.74) is 2.51. The van der Waals surface area contributed by atoms with Crippen LogP contribution in [-0.4, -0.2) is 34.0 Å². The van der Waals surface area contributed by atoms with E-state index in [0.717, 1.165) is 16.7 Å². The molecular formula is C18H23NO4S. The second kappa shape index (κ2) is 7.23. The zero-order valence-electron chi connectivity index (χ0n) is 14.7. The first-order valence-electron chi connectivity index (χ1n) is 7.54. The van der Waals surface area contributed by atoms with E-state index in [2.05, 4.69) is 0 Å². The minimum atomic E-state index is -3.59. The zero-order valence-corrected chi connectivity index (χ0v) is 15.5. The molecule has 0 amide bonds. The topological polar surface area (TPSA) is 55.8 Å². The Morgan fingerprint density at radius 1 is 1.04 bits per heavy atom. The molecule has 0 fully saturated rings. The van der Waals surface area contributed by atoms with Crippen molar-refractivity contribution in [2.45, 2.75) is 25.3 Å². The van der Waals surface area contributed by atoms with Crippen molar-refractivity contribution < 1.29 is 17.9 Å². The van der Waals surface area contributed by atoms with E-state index in [0.29, 0.717) is 16.4 Å². The highest BCUT2D eigenvalue weighted by molar-refractivity contribution is 7.89. The van der Waals surface area contributed by atoms with E-state index in [-0.39, 0.29) is 6.54 Å². The Balaban J connectivity index is 2.37. The van der Waals surface area contributed by atoms with Crippen molar-refractivity contribution in [2.24, 2.45) is 0 Å². The summed E-state index contributed by atoms with van der Waals surface area (Å²) in [6.07, 6.45) is 0. The largest absolute Gasteiger partial charge is 0.493 e. The third-order valence-electron chi connectivity index (χ3n) is 3.90. The fourth-order valence-corrected chi connectivity index (χ4v) is 4.01. The van der Waals surface area contributed by atoms with Crippen LogP contribution in [0.15, 0.2) is 41.3 Å². The van der Waals surface area contributed by atoms with E-state index >= 15 is 0 Å². The smallest absolute Gasteiger partial charge is 0.243 e. The first kappa shape index (κ1) is 18.3. The van der Waals surface area contributed by atoms with E-state index in [9.17, 15) is 8.42 Å². The number of hydrogen-bond acceptors (Lipinski definition) is 4. The quantitative estimate of drug-likeness (QED) is 0.804. The molecule has 24 heavy (non-hydrogen) atoms. The van der Waals surface area contributed by atoms with Crippen LogP contribution in [0.4, 0.5) is 0 Å². The maximum Gasteiger partial charge on any atom is 0.243 e. The average molecular weight is 349 g/mol. The van der Waals surface area contributed by atoms with E-state index < -0.39 is 10.0 Å². The van der Waals surface area contributed by atoms with Crippen molar-refractivity contribution in [3.05, 3.63) is 53.1 Å². The molecule has 0 heterocycles. The monoisotopic (exact) mass is 349 g/mol. The molecule has 2 aromatic rings. The van der Waals surface area contributed by atoms with E-state index in [1.165, 1.54) is 4.31 Å². The Morgan fingerprint density at radius 2 is 1.75 bits per heavy atom. The van der Waals surface area contributed by atoms with Gasteiger partial charge in [-0.25, -0.2) is 8.42 Å². The van der Waals surface area contributed by atoms with Crippen LogP contribution in [0.1, 0.15) is 16.7 Å². The normalized spacial score (nSPS) is 11.6. The summed E-state index contributed by atoms with van der Waals surface area (Å²) in [6, 6.07) is 10.7. The molecule has 0 atom stereocenters. The van der Waals surface area contributed by atoms with E-state index in [1.54, 1.807) is 46.4 Å². The summed E-state index contributed by atoms with van der Waals surface area (Å²) < 4.78 is 37.7. The number of hydrogen-bond donors (Lipinski definition) is 0. The van der Waals surface area contributed by atoms with Gasteiger partial charge in [0.15, 0.2) is 11.5 Å². The Bertz CT molecular complexity index is 831. The molecule has 0 radical (unpaired) electrons. The number of ether oxygens (including phenoxy) is 2. The Morgan fingerprint density at radius 3 is 2.33 bits per heavy atom. The van der Waals surface area contributed by atoms with Gasteiger partial charge in [-0.2, -0.15) is 4.31 Å². The second-order valence-corrected chi connectivity index (χ2v) is 7.70. The number of benzene rings is 2. The van der Waals surface area contributed by atoms with Crippen molar-refractivity contribution in [2.75, 3.05) is 21.3 Å². The van der Waals surface area contributed by atoms with Crippen LogP contribution in [0, 0.1) is 13.8 Å². The fraction of sp³-hybridized carbons (Fsp3) is 0.333. The summed E-state index contributed by atoms with van der Waals surface area (Å²) in [4.78, 5) is 0.317. The van der Waals surface area contributed by atoms with Gasteiger partial charge in [-0.05, 0) is 31.5 Å². The van der Waals surface area contributed by atoms with Crippen LogP contribution >= 0.6 is 0 Å². The number of aryl methyl sites for hydroxylation is 2. The number of methoxy groups -OCH3 is 2. The lowest BCUT2D eigenvalue weighted by Gasteiger charge is -2.20. The molecular weight excluding hydrogens is 326 g/mol. The van der Waals surface area contributed by atoms with Gasteiger partial charge in [0, 0.05) is 19.2 Å². The van der Waals surface area contributed by atoms with E-state index in [4.69, 9.17) is 9.47 Å². The predicted octanol–water partition coefficient (Wildman–Crippen LogP) is 3.14. The van der Waals surface area contributed by atoms with E-state index in [1.807, 2.05) is 25.1 Å². The van der Waals surface area contributed by atoms with Crippen molar-refractivity contribution >= 4 is 10.0 Å². The molecule has 0 N–H and O–H groups in total. The average Bonchev–Trinajstić information content (AvgIpc) is 2.54. The van der Waals surface area contributed by atoms with Gasteiger partial charge in [-0.15, -0.1) is 0 Å². The molecule has 6 heteroatoms. The highest BCUT2D eigenvalue weighted by Gasteiger charge is 2.24. The summed E-state index contributed by atoms with van der Waals surface area (Å²) in [6.45, 7) is 3.93. The number of rotatable bonds is 6. The van der Waals surface area contributed by atoms with Crippen LogP contribution in [0.5, 0.6) is 11.5 Å². The highest BCUT2D eigenvalue weighted by Crippen LogP contribution is 2.32. The number of nitrogens with zero attached hydrogens (tertiary/aromatic N) is 1. The Hall–Kier alpha value is -2.05. The predicted molar refractivity (Wildman–Crippen MR) is 94.1 cm³/mol. The van der Waals surface area contributed by atoms with Gasteiger partial charge in [0.1, 0.15) is 0 Å². The molecule has 2 aromatic carbocycles. The highest BCUT2D eigenvalue weighted by atomic mass is 32.2. The summed E-state index contributed by atoms with van der Waals surface area (Å²) in [7, 11) is 1.07. The lowest BCUT2D eigenvalue weighted by molar-refractivity contribution is 0.347. The molecule has 130 valence electrons. The van der Waals surface area contributed by atoms with Gasteiger partial charge in [-0.3, -0.25) is 0 Å². The molecule has 0 saturated heterocycles. The number of sulfonamides is 1. The van der Waals surface area contributed by atoms with Crippen LogP contribution < -0.4 is 9.47 Å². The maximum atomic E-state index is 12.9. The van der Waals surface area contributed by atoms with Gasteiger partial charge in [0.2, 0.25) is 10.0 Å². The fourth-order valence-electron chi connectivity index (χ4n) is 2.66. The minimum absolute atomic E-state index is 0.190. The molecule has 0 aromatic heterocycles. The van der Waals surface area contributed by atoms with Gasteiger partial charge < -0.3 is 9.47 Å². The summed E-state index contributed by atoms with van der Waals surface area (Å²) >= 11 is 0. The first-order chi connectivity index (χ1) is 11.3. The third-order valence-corrected chi connectivity index (χ3v) is 5.86. The van der Waals surface area contributed by atoms with Crippen molar-refractivity contribution in [3.8, 4) is 11.5 Å². The second-order valence-electron chi connectivity index (χ2n) is 5.68. The minimum Gasteiger partial charge on any atom is -0.493 e. The van der Waals surface area contributed by atoms with Crippen molar-refractivity contribution in [3.63, 3.8) is 0 Å². The van der Waals surface area contributed by atoms with Crippen LogP contribution in [0.2, 0.25) is 0 Å². The number of para-hydroxylation sites is 1. The van der Waals surface area contributed by atoms with Crippen LogP contribution in [-0.2, 0) is 16.6 Å².